The van der Waals surface area contributed by atoms with Gasteiger partial charge in [0.05, 0.1) is 12.0 Å². The molecule has 24 heavy (non-hydrogen) atoms. The van der Waals surface area contributed by atoms with Crippen LogP contribution >= 0.6 is 0 Å². The lowest BCUT2D eigenvalue weighted by atomic mass is 9.86. The maximum absolute atomic E-state index is 12.5. The molecule has 0 aromatic carbocycles. The van der Waals surface area contributed by atoms with Crippen molar-refractivity contribution in [3.8, 4) is 11.3 Å². The van der Waals surface area contributed by atoms with Gasteiger partial charge in [0.15, 0.2) is 11.5 Å². The molecule has 8 nitrogen and oxygen atoms in total. The number of pyridine rings is 1. The second kappa shape index (κ2) is 6.79. The lowest BCUT2D eigenvalue weighted by Gasteiger charge is -2.36. The van der Waals surface area contributed by atoms with Crippen LogP contribution in [0.3, 0.4) is 0 Å². The van der Waals surface area contributed by atoms with Crippen molar-refractivity contribution in [1.29, 1.82) is 0 Å². The minimum atomic E-state index is -0.964. The van der Waals surface area contributed by atoms with Crippen LogP contribution in [0.15, 0.2) is 35.1 Å². The number of carbonyl (C=O) groups excluding carboxylic acids is 1. The van der Waals surface area contributed by atoms with Gasteiger partial charge in [-0.05, 0) is 25.0 Å². The predicted molar refractivity (Wildman–Crippen MR) is 82.2 cm³/mol. The van der Waals surface area contributed by atoms with Crippen molar-refractivity contribution in [2.24, 2.45) is 0 Å². The summed E-state index contributed by atoms with van der Waals surface area (Å²) in [6.07, 6.45) is 3.97. The van der Waals surface area contributed by atoms with Crippen LogP contribution in [0.25, 0.3) is 11.3 Å². The minimum absolute atomic E-state index is 0.102. The Morgan fingerprint density at radius 2 is 2.12 bits per heavy atom. The molecule has 0 atom stereocenters. The van der Waals surface area contributed by atoms with Crippen LogP contribution in [0.1, 0.15) is 29.8 Å². The Labute approximate surface area is 137 Å². The molecule has 2 aromatic heterocycles. The third-order valence-electron chi connectivity index (χ3n) is 4.01. The molecule has 0 bridgehead atoms. The zero-order valence-corrected chi connectivity index (χ0v) is 12.9. The maximum Gasteiger partial charge on any atom is 0.305 e. The highest BCUT2D eigenvalue weighted by atomic mass is 16.5. The van der Waals surface area contributed by atoms with E-state index in [1.807, 2.05) is 0 Å². The van der Waals surface area contributed by atoms with E-state index in [4.69, 9.17) is 14.4 Å². The Bertz CT molecular complexity index is 722. The molecule has 2 aromatic rings. The van der Waals surface area contributed by atoms with E-state index in [0.717, 1.165) is 0 Å². The molecule has 0 radical (unpaired) electrons. The average Bonchev–Trinajstić information content (AvgIpc) is 3.06. The molecule has 1 aliphatic heterocycles. The SMILES string of the molecule is O=C(O)CC1(NC(=O)c2cc(-c3cccnc3)on2)CCOCC1. The first-order chi connectivity index (χ1) is 11.6. The van der Waals surface area contributed by atoms with Crippen molar-refractivity contribution in [1.82, 2.24) is 15.5 Å². The van der Waals surface area contributed by atoms with E-state index in [1.54, 1.807) is 24.5 Å². The number of hydrogen-bond donors (Lipinski definition) is 2. The first kappa shape index (κ1) is 16.1. The summed E-state index contributed by atoms with van der Waals surface area (Å²) in [7, 11) is 0. The van der Waals surface area contributed by atoms with E-state index >= 15 is 0 Å². The number of amides is 1. The number of nitrogens with one attached hydrogen (secondary N) is 1. The standard InChI is InChI=1S/C16H17N3O5/c20-14(21)9-16(3-6-23-7-4-16)18-15(22)12-8-13(24-19-12)11-2-1-5-17-10-11/h1-2,5,8,10H,3-4,6-7,9H2,(H,18,22)(H,20,21). The second-order valence-electron chi connectivity index (χ2n) is 5.74. The number of aromatic nitrogens is 2. The Kier molecular flexibility index (Phi) is 4.57. The highest BCUT2D eigenvalue weighted by Crippen LogP contribution is 2.26. The number of hydrogen-bond acceptors (Lipinski definition) is 6. The van der Waals surface area contributed by atoms with Gasteiger partial charge in [-0.2, -0.15) is 0 Å². The largest absolute Gasteiger partial charge is 0.481 e. The Balaban J connectivity index is 1.76. The first-order valence-corrected chi connectivity index (χ1v) is 7.57. The highest BCUT2D eigenvalue weighted by Gasteiger charge is 2.37. The van der Waals surface area contributed by atoms with Crippen molar-refractivity contribution in [3.05, 3.63) is 36.3 Å². The van der Waals surface area contributed by atoms with Gasteiger partial charge in [0.2, 0.25) is 0 Å². The summed E-state index contributed by atoms with van der Waals surface area (Å²) < 4.78 is 10.5. The van der Waals surface area contributed by atoms with Gasteiger partial charge in [-0.25, -0.2) is 0 Å². The molecule has 3 rings (SSSR count). The number of carboxylic acid groups (broad SMARTS) is 1. The quantitative estimate of drug-likeness (QED) is 0.853. The molecule has 8 heteroatoms. The lowest BCUT2D eigenvalue weighted by molar-refractivity contribution is -0.139. The third-order valence-corrected chi connectivity index (χ3v) is 4.01. The average molecular weight is 331 g/mol. The summed E-state index contributed by atoms with van der Waals surface area (Å²) in [5.74, 6) is -1.00. The van der Waals surface area contributed by atoms with Crippen LogP contribution < -0.4 is 5.32 Å². The van der Waals surface area contributed by atoms with E-state index in [1.165, 1.54) is 6.07 Å². The highest BCUT2D eigenvalue weighted by molar-refractivity contribution is 5.94. The molecular weight excluding hydrogens is 314 g/mol. The van der Waals surface area contributed by atoms with Crippen LogP contribution in [0, 0.1) is 0 Å². The van der Waals surface area contributed by atoms with Crippen molar-refractivity contribution in [2.45, 2.75) is 24.8 Å². The van der Waals surface area contributed by atoms with Crippen molar-refractivity contribution < 1.29 is 24.0 Å². The number of rotatable bonds is 5. The van der Waals surface area contributed by atoms with Gasteiger partial charge in [-0.15, -0.1) is 0 Å². The van der Waals surface area contributed by atoms with Gasteiger partial charge in [0, 0.05) is 37.2 Å². The van der Waals surface area contributed by atoms with Crippen molar-refractivity contribution in [2.75, 3.05) is 13.2 Å². The maximum atomic E-state index is 12.5. The molecule has 0 spiro atoms. The van der Waals surface area contributed by atoms with Crippen LogP contribution in [-0.4, -0.2) is 45.9 Å². The zero-order valence-electron chi connectivity index (χ0n) is 12.9. The molecule has 2 N–H and O–H groups in total. The minimum Gasteiger partial charge on any atom is -0.481 e. The molecule has 0 saturated carbocycles. The fourth-order valence-corrected chi connectivity index (χ4v) is 2.73. The Hall–Kier alpha value is -2.74. The van der Waals surface area contributed by atoms with Crippen LogP contribution in [-0.2, 0) is 9.53 Å². The predicted octanol–water partition coefficient (Wildman–Crippen LogP) is 1.49. The molecule has 0 aliphatic carbocycles. The molecule has 1 fully saturated rings. The molecule has 3 heterocycles. The van der Waals surface area contributed by atoms with Crippen molar-refractivity contribution in [3.63, 3.8) is 0 Å². The number of ether oxygens (including phenoxy) is 1. The van der Waals surface area contributed by atoms with E-state index in [2.05, 4.69) is 15.5 Å². The van der Waals surface area contributed by atoms with Gasteiger partial charge in [0.1, 0.15) is 0 Å². The summed E-state index contributed by atoms with van der Waals surface area (Å²) >= 11 is 0. The van der Waals surface area contributed by atoms with E-state index in [9.17, 15) is 9.59 Å². The summed E-state index contributed by atoms with van der Waals surface area (Å²) in [5, 5.41) is 15.7. The fraction of sp³-hybridized carbons (Fsp3) is 0.375. The van der Waals surface area contributed by atoms with E-state index in [-0.39, 0.29) is 12.1 Å². The van der Waals surface area contributed by atoms with Crippen LogP contribution in [0.4, 0.5) is 0 Å². The number of carbonyl (C=O) groups is 2. The normalized spacial score (nSPS) is 16.5. The number of nitrogens with zero attached hydrogens (tertiary/aromatic N) is 2. The number of carboxylic acids is 1. The summed E-state index contributed by atoms with van der Waals surface area (Å²) in [6, 6.07) is 5.06. The topological polar surface area (TPSA) is 115 Å². The summed E-state index contributed by atoms with van der Waals surface area (Å²) in [4.78, 5) is 27.6. The molecular formula is C16H17N3O5. The molecule has 126 valence electrons. The van der Waals surface area contributed by atoms with Gasteiger partial charge < -0.3 is 19.7 Å². The Morgan fingerprint density at radius 3 is 2.79 bits per heavy atom. The van der Waals surface area contributed by atoms with Gasteiger partial charge in [-0.1, -0.05) is 5.16 Å². The second-order valence-corrected chi connectivity index (χ2v) is 5.74. The van der Waals surface area contributed by atoms with Gasteiger partial charge in [0.25, 0.3) is 5.91 Å². The summed E-state index contributed by atoms with van der Waals surface area (Å²) in [6.45, 7) is 0.820. The summed E-state index contributed by atoms with van der Waals surface area (Å²) in [5.41, 5.74) is -0.0188. The van der Waals surface area contributed by atoms with E-state index < -0.39 is 17.4 Å². The molecule has 1 saturated heterocycles. The van der Waals surface area contributed by atoms with Crippen LogP contribution in [0.5, 0.6) is 0 Å². The van der Waals surface area contributed by atoms with Crippen molar-refractivity contribution >= 4 is 11.9 Å². The van der Waals surface area contributed by atoms with Gasteiger partial charge in [-0.3, -0.25) is 14.6 Å². The molecule has 1 amide bonds. The monoisotopic (exact) mass is 331 g/mol. The number of aliphatic carboxylic acids is 1. The molecule has 0 unspecified atom stereocenters. The van der Waals surface area contributed by atoms with E-state index in [0.29, 0.717) is 37.4 Å². The molecule has 1 aliphatic rings. The first-order valence-electron chi connectivity index (χ1n) is 7.57. The lowest BCUT2D eigenvalue weighted by Crippen LogP contribution is -2.53. The fourth-order valence-electron chi connectivity index (χ4n) is 2.73. The smallest absolute Gasteiger partial charge is 0.305 e. The van der Waals surface area contributed by atoms with Gasteiger partial charge >= 0.3 is 5.97 Å². The van der Waals surface area contributed by atoms with Crippen LogP contribution in [0.2, 0.25) is 0 Å². The Morgan fingerprint density at radius 1 is 1.33 bits per heavy atom. The third kappa shape index (κ3) is 3.60. The zero-order chi connectivity index (χ0) is 17.0.